The average molecular weight is 452 g/mol. The third-order valence-electron chi connectivity index (χ3n) is 4.64. The Bertz CT molecular complexity index is 1020. The monoisotopic (exact) mass is 452 g/mol. The molecule has 27 heavy (non-hydrogen) atoms. The molecule has 2 aliphatic rings. The summed E-state index contributed by atoms with van der Waals surface area (Å²) in [6.45, 7) is 0.179. The van der Waals surface area contributed by atoms with Gasteiger partial charge in [-0.15, -0.1) is 0 Å². The number of rotatable bonds is 1. The van der Waals surface area contributed by atoms with E-state index >= 15 is 0 Å². The van der Waals surface area contributed by atoms with Crippen LogP contribution in [0.15, 0.2) is 72.8 Å². The Morgan fingerprint density at radius 1 is 0.852 bits per heavy atom. The molecule has 2 unspecified atom stereocenters. The molecule has 0 N–H and O–H groups in total. The number of ether oxygens (including phenoxy) is 1. The van der Waals surface area contributed by atoms with Gasteiger partial charge in [0.2, 0.25) is 0 Å². The molecule has 135 valence electrons. The van der Waals surface area contributed by atoms with E-state index in [0.717, 1.165) is 27.7 Å². The fourth-order valence-corrected chi connectivity index (χ4v) is 6.11. The predicted octanol–water partition coefficient (Wildman–Crippen LogP) is 5.52. The van der Waals surface area contributed by atoms with Gasteiger partial charge in [0.05, 0.1) is 5.30 Å². The van der Waals surface area contributed by atoms with Gasteiger partial charge in [-0.2, -0.15) is 0 Å². The molecule has 0 saturated carbocycles. The maximum atomic E-state index is 14.2. The van der Waals surface area contributed by atoms with Gasteiger partial charge in [0, 0.05) is 45.0 Å². The molecule has 2 atom stereocenters. The van der Waals surface area contributed by atoms with Crippen molar-refractivity contribution in [1.82, 2.24) is 0 Å². The molecular weight excluding hydrogens is 434 g/mol. The Balaban J connectivity index is 0.00000105. The van der Waals surface area contributed by atoms with E-state index in [2.05, 4.69) is 5.32 Å². The Morgan fingerprint density at radius 3 is 2.30 bits per heavy atom. The SMILES string of the molecule is O=P1(C2[N-]COc3ccccc32)Oc2ccccc2-c2ccccc21.[CH3-].[Y]. The van der Waals surface area contributed by atoms with Crippen LogP contribution in [0.4, 0.5) is 0 Å². The normalized spacial score (nSPS) is 21.7. The van der Waals surface area contributed by atoms with E-state index < -0.39 is 13.2 Å². The summed E-state index contributed by atoms with van der Waals surface area (Å²) in [6, 6.07) is 23.1. The Labute approximate surface area is 184 Å². The second-order valence-corrected chi connectivity index (χ2v) is 8.42. The molecule has 0 fully saturated rings. The predicted molar refractivity (Wildman–Crippen MR) is 104 cm³/mol. The van der Waals surface area contributed by atoms with Gasteiger partial charge in [0.1, 0.15) is 11.5 Å². The average Bonchev–Trinajstić information content (AvgIpc) is 2.68. The van der Waals surface area contributed by atoms with E-state index in [1.54, 1.807) is 0 Å². The van der Waals surface area contributed by atoms with Crippen LogP contribution in [-0.2, 0) is 37.3 Å². The maximum Gasteiger partial charge on any atom is 0.265 e. The smallest absolute Gasteiger partial charge is 0.265 e. The fourth-order valence-electron chi connectivity index (χ4n) is 3.51. The Hall–Kier alpha value is -1.45. The van der Waals surface area contributed by atoms with Crippen molar-refractivity contribution in [2.24, 2.45) is 0 Å². The number of para-hydroxylation sites is 2. The van der Waals surface area contributed by atoms with Gasteiger partial charge in [-0.25, -0.2) is 0 Å². The molecule has 4 nitrogen and oxygen atoms in total. The second-order valence-electron chi connectivity index (χ2n) is 6.07. The summed E-state index contributed by atoms with van der Waals surface area (Å²) >= 11 is 0. The van der Waals surface area contributed by atoms with Crippen molar-refractivity contribution in [2.75, 3.05) is 6.73 Å². The molecular formula is C21H18NO3PY-2. The number of fused-ring (bicyclic) bond motifs is 4. The van der Waals surface area contributed by atoms with Gasteiger partial charge in [0.15, 0.2) is 0 Å². The summed E-state index contributed by atoms with van der Waals surface area (Å²) in [7, 11) is -3.29. The summed E-state index contributed by atoms with van der Waals surface area (Å²) in [5.74, 6) is 0.799. The topological polar surface area (TPSA) is 49.6 Å². The molecule has 3 aromatic rings. The van der Waals surface area contributed by atoms with Gasteiger partial charge in [-0.3, -0.25) is 4.57 Å². The molecule has 3 aromatic carbocycles. The van der Waals surface area contributed by atoms with Crippen LogP contribution < -0.4 is 14.6 Å². The first-order chi connectivity index (χ1) is 12.3. The number of hydrogen-bond donors (Lipinski definition) is 0. The van der Waals surface area contributed by atoms with Crippen LogP contribution in [0.5, 0.6) is 11.5 Å². The summed E-state index contributed by atoms with van der Waals surface area (Å²) in [4.78, 5) is 0. The molecule has 0 amide bonds. The van der Waals surface area contributed by atoms with E-state index in [4.69, 9.17) is 9.26 Å². The van der Waals surface area contributed by atoms with Crippen molar-refractivity contribution in [1.29, 1.82) is 0 Å². The van der Waals surface area contributed by atoms with Crippen LogP contribution >= 0.6 is 7.37 Å². The van der Waals surface area contributed by atoms with Crippen molar-refractivity contribution < 1.29 is 46.5 Å². The van der Waals surface area contributed by atoms with Crippen LogP contribution in [0, 0.1) is 7.43 Å². The van der Waals surface area contributed by atoms with Gasteiger partial charge >= 0.3 is 0 Å². The zero-order chi connectivity index (χ0) is 16.9. The Morgan fingerprint density at radius 2 is 1.48 bits per heavy atom. The van der Waals surface area contributed by atoms with Gasteiger partial charge in [-0.1, -0.05) is 54.6 Å². The van der Waals surface area contributed by atoms with E-state index in [-0.39, 0.29) is 46.9 Å². The second kappa shape index (κ2) is 7.89. The largest absolute Gasteiger partial charge is 0.613 e. The van der Waals surface area contributed by atoms with Crippen molar-refractivity contribution in [3.05, 3.63) is 91.1 Å². The third-order valence-corrected chi connectivity index (χ3v) is 7.25. The first-order valence-electron chi connectivity index (χ1n) is 8.14. The van der Waals surface area contributed by atoms with Crippen molar-refractivity contribution in [2.45, 2.75) is 5.78 Å². The summed E-state index contributed by atoms with van der Waals surface area (Å²) < 4.78 is 25.9. The zero-order valence-corrected chi connectivity index (χ0v) is 18.6. The first kappa shape index (κ1) is 20.3. The molecule has 5 rings (SSSR count). The summed E-state index contributed by atoms with van der Waals surface area (Å²) in [5.41, 5.74) is 2.73. The molecule has 1 radical (unpaired) electrons. The van der Waals surface area contributed by atoms with Crippen LogP contribution in [0.3, 0.4) is 0 Å². The van der Waals surface area contributed by atoms with Crippen LogP contribution in [0.2, 0.25) is 0 Å². The molecule has 0 saturated heterocycles. The van der Waals surface area contributed by atoms with Gasteiger partial charge in [-0.05, 0) is 35.1 Å². The van der Waals surface area contributed by atoms with Crippen molar-refractivity contribution in [3.63, 3.8) is 0 Å². The summed E-state index contributed by atoms with van der Waals surface area (Å²) in [5, 5.41) is 5.25. The molecule has 0 aliphatic carbocycles. The number of benzene rings is 3. The fraction of sp³-hybridized carbons (Fsp3) is 0.0952. The molecule has 0 aromatic heterocycles. The molecule has 2 aliphatic heterocycles. The number of nitrogens with zero attached hydrogens (tertiary/aromatic N) is 1. The van der Waals surface area contributed by atoms with Gasteiger partial charge in [0.25, 0.3) is 7.37 Å². The first-order valence-corrected chi connectivity index (χ1v) is 9.83. The standard InChI is InChI=1S/C20H15NO3P.CH3.Y/c22-25(20-16-9-2-4-10-17(16)23-13-21-20)19-12-6-3-8-15(19)14-7-1-5-11-18(14)24-25;;/h1-12,20H,13H2;1H3;/q2*-1;. The van der Waals surface area contributed by atoms with Gasteiger partial charge < -0.3 is 22.0 Å². The van der Waals surface area contributed by atoms with E-state index in [0.29, 0.717) is 5.75 Å². The Kier molecular flexibility index (Phi) is 5.93. The summed E-state index contributed by atoms with van der Waals surface area (Å²) in [6.07, 6.45) is 0. The minimum absolute atomic E-state index is 0. The quantitative estimate of drug-likeness (QED) is 0.361. The van der Waals surface area contributed by atoms with E-state index in [9.17, 15) is 4.57 Å². The third kappa shape index (κ3) is 3.19. The zero-order valence-electron chi connectivity index (χ0n) is 14.9. The van der Waals surface area contributed by atoms with Crippen molar-refractivity contribution >= 4 is 12.7 Å². The maximum absolute atomic E-state index is 14.2. The molecule has 0 bridgehead atoms. The van der Waals surface area contributed by atoms with E-state index in [1.165, 1.54) is 0 Å². The molecule has 2 heterocycles. The molecule has 6 heteroatoms. The minimum atomic E-state index is -3.29. The minimum Gasteiger partial charge on any atom is -0.613 e. The van der Waals surface area contributed by atoms with Crippen LogP contribution in [0.25, 0.3) is 16.4 Å². The van der Waals surface area contributed by atoms with Crippen LogP contribution in [0.1, 0.15) is 11.3 Å². The number of hydrogen-bond acceptors (Lipinski definition) is 3. The van der Waals surface area contributed by atoms with E-state index in [1.807, 2.05) is 72.8 Å². The molecule has 0 spiro atoms. The van der Waals surface area contributed by atoms with Crippen molar-refractivity contribution in [3.8, 4) is 22.6 Å². The van der Waals surface area contributed by atoms with Crippen LogP contribution in [-0.4, -0.2) is 6.73 Å².